The minimum atomic E-state index is 0.584. The van der Waals surface area contributed by atoms with Crippen LogP contribution in [-0.4, -0.2) is 4.98 Å². The van der Waals surface area contributed by atoms with Gasteiger partial charge in [0.25, 0.3) is 0 Å². The first-order chi connectivity index (χ1) is 11.1. The Balaban J connectivity index is 1.84. The zero-order valence-electron chi connectivity index (χ0n) is 14.3. The van der Waals surface area contributed by atoms with E-state index >= 15 is 0 Å². The second-order valence-corrected chi connectivity index (χ2v) is 6.94. The van der Waals surface area contributed by atoms with Crippen LogP contribution in [0, 0.1) is 12.8 Å². The van der Waals surface area contributed by atoms with Crippen LogP contribution in [0.5, 0.6) is 0 Å². The molecule has 2 nitrogen and oxygen atoms in total. The molecule has 2 aromatic rings. The zero-order valence-corrected chi connectivity index (χ0v) is 15.1. The number of aromatic nitrogens is 1. The van der Waals surface area contributed by atoms with Gasteiger partial charge in [0.2, 0.25) is 0 Å². The molecule has 1 aromatic heterocycles. The van der Waals surface area contributed by atoms with Crippen LogP contribution in [-0.2, 0) is 6.54 Å². The van der Waals surface area contributed by atoms with Crippen LogP contribution in [0.1, 0.15) is 37.9 Å². The van der Waals surface area contributed by atoms with Crippen molar-refractivity contribution in [2.24, 2.45) is 5.92 Å². The second-order valence-electron chi connectivity index (χ2n) is 6.09. The van der Waals surface area contributed by atoms with Crippen LogP contribution in [0.15, 0.2) is 54.2 Å². The van der Waals surface area contributed by atoms with E-state index in [2.05, 4.69) is 68.1 Å². The molecule has 122 valence electrons. The molecule has 0 amide bonds. The molecule has 23 heavy (non-hydrogen) atoms. The van der Waals surface area contributed by atoms with E-state index in [4.69, 9.17) is 0 Å². The number of hydrogen-bond donors (Lipinski definition) is 1. The van der Waals surface area contributed by atoms with E-state index in [-0.39, 0.29) is 0 Å². The summed E-state index contributed by atoms with van der Waals surface area (Å²) >= 11 is 1.70. The first-order valence-corrected chi connectivity index (χ1v) is 8.99. The molecule has 0 bridgehead atoms. The third kappa shape index (κ3) is 5.36. The fourth-order valence-electron chi connectivity index (χ4n) is 2.34. The van der Waals surface area contributed by atoms with E-state index in [0.717, 1.165) is 25.1 Å². The quantitative estimate of drug-likeness (QED) is 0.628. The van der Waals surface area contributed by atoms with E-state index in [1.54, 1.807) is 11.3 Å². The van der Waals surface area contributed by atoms with Crippen molar-refractivity contribution in [1.82, 2.24) is 10.3 Å². The largest absolute Gasteiger partial charge is 0.387 e. The molecule has 0 aliphatic carbocycles. The molecule has 1 N–H and O–H groups in total. The number of thiazole rings is 1. The summed E-state index contributed by atoms with van der Waals surface area (Å²) < 4.78 is 0. The van der Waals surface area contributed by atoms with Gasteiger partial charge in [-0.15, -0.1) is 17.9 Å². The van der Waals surface area contributed by atoms with Crippen molar-refractivity contribution in [1.29, 1.82) is 0 Å². The van der Waals surface area contributed by atoms with Crippen molar-refractivity contribution in [3.05, 3.63) is 65.5 Å². The van der Waals surface area contributed by atoms with Crippen molar-refractivity contribution in [3.63, 3.8) is 0 Å². The third-order valence-corrected chi connectivity index (χ3v) is 4.99. The Morgan fingerprint density at radius 1 is 1.35 bits per heavy atom. The Kier molecular flexibility index (Phi) is 6.60. The van der Waals surface area contributed by atoms with Crippen LogP contribution >= 0.6 is 11.3 Å². The Bertz CT molecular complexity index is 653. The number of benzene rings is 1. The van der Waals surface area contributed by atoms with Gasteiger partial charge in [0, 0.05) is 6.54 Å². The molecule has 0 spiro atoms. The fourth-order valence-corrected chi connectivity index (χ4v) is 3.15. The molecular weight excluding hydrogens is 300 g/mol. The van der Waals surface area contributed by atoms with E-state index in [1.807, 2.05) is 11.6 Å². The van der Waals surface area contributed by atoms with Gasteiger partial charge in [-0.3, -0.25) is 0 Å². The SMILES string of the molecule is C=CC(C)CC/C(C)=C/NCc1ccc(-c2scnc2C)cc1. The molecule has 2 rings (SSSR count). The molecule has 1 atom stereocenters. The van der Waals surface area contributed by atoms with Crippen molar-refractivity contribution in [3.8, 4) is 10.4 Å². The average Bonchev–Trinajstić information content (AvgIpc) is 2.99. The summed E-state index contributed by atoms with van der Waals surface area (Å²) in [6.07, 6.45) is 6.43. The lowest BCUT2D eigenvalue weighted by molar-refractivity contribution is 0.642. The lowest BCUT2D eigenvalue weighted by atomic mass is 10.0. The lowest BCUT2D eigenvalue weighted by Gasteiger charge is -2.07. The standard InChI is InChI=1S/C20H26N2S/c1-5-15(2)6-7-16(3)12-21-13-18-8-10-19(11-9-18)20-17(4)22-14-23-20/h5,8-12,14-15,21H,1,6-7,13H2,2-4H3/b16-12+. The number of allylic oxidation sites excluding steroid dienone is 2. The molecule has 1 aromatic carbocycles. The number of aryl methyl sites for hydroxylation is 1. The first kappa shape index (κ1) is 17.5. The summed E-state index contributed by atoms with van der Waals surface area (Å²) in [5.41, 5.74) is 6.93. The van der Waals surface area contributed by atoms with Gasteiger partial charge in [-0.1, -0.05) is 42.8 Å². The Hall–Kier alpha value is -1.87. The van der Waals surface area contributed by atoms with Crippen LogP contribution in [0.2, 0.25) is 0 Å². The molecule has 0 saturated heterocycles. The summed E-state index contributed by atoms with van der Waals surface area (Å²) in [7, 11) is 0. The van der Waals surface area contributed by atoms with E-state index in [0.29, 0.717) is 5.92 Å². The molecule has 0 aliphatic rings. The van der Waals surface area contributed by atoms with Crippen LogP contribution in [0.3, 0.4) is 0 Å². The maximum atomic E-state index is 4.31. The third-order valence-electron chi connectivity index (χ3n) is 4.01. The number of rotatable bonds is 8. The van der Waals surface area contributed by atoms with Gasteiger partial charge in [0.05, 0.1) is 16.1 Å². The summed E-state index contributed by atoms with van der Waals surface area (Å²) in [5, 5.41) is 3.41. The van der Waals surface area contributed by atoms with Gasteiger partial charge in [0.1, 0.15) is 0 Å². The summed E-state index contributed by atoms with van der Waals surface area (Å²) in [6, 6.07) is 8.73. The second kappa shape index (κ2) is 8.68. The van der Waals surface area contributed by atoms with Gasteiger partial charge >= 0.3 is 0 Å². The zero-order chi connectivity index (χ0) is 16.7. The summed E-state index contributed by atoms with van der Waals surface area (Å²) in [6.45, 7) is 11.1. The molecule has 0 fully saturated rings. The number of nitrogens with zero attached hydrogens (tertiary/aromatic N) is 1. The summed E-state index contributed by atoms with van der Waals surface area (Å²) in [4.78, 5) is 5.57. The van der Waals surface area contributed by atoms with Crippen molar-refractivity contribution >= 4 is 11.3 Å². The topological polar surface area (TPSA) is 24.9 Å². The van der Waals surface area contributed by atoms with Crippen molar-refractivity contribution in [2.75, 3.05) is 0 Å². The number of hydrogen-bond acceptors (Lipinski definition) is 3. The van der Waals surface area contributed by atoms with Crippen LogP contribution < -0.4 is 5.32 Å². The summed E-state index contributed by atoms with van der Waals surface area (Å²) in [5.74, 6) is 0.584. The Morgan fingerprint density at radius 3 is 2.70 bits per heavy atom. The van der Waals surface area contributed by atoms with Crippen LogP contribution in [0.25, 0.3) is 10.4 Å². The highest BCUT2D eigenvalue weighted by atomic mass is 32.1. The van der Waals surface area contributed by atoms with E-state index in [9.17, 15) is 0 Å². The minimum absolute atomic E-state index is 0.584. The predicted molar refractivity (Wildman–Crippen MR) is 101 cm³/mol. The monoisotopic (exact) mass is 326 g/mol. The smallest absolute Gasteiger partial charge is 0.0801 e. The van der Waals surface area contributed by atoms with Crippen molar-refractivity contribution in [2.45, 2.75) is 40.2 Å². The molecule has 0 aliphatic heterocycles. The number of nitrogens with one attached hydrogen (secondary N) is 1. The molecule has 0 saturated carbocycles. The van der Waals surface area contributed by atoms with Gasteiger partial charge in [0.15, 0.2) is 0 Å². The van der Waals surface area contributed by atoms with Crippen molar-refractivity contribution < 1.29 is 0 Å². The molecular formula is C20H26N2S. The average molecular weight is 327 g/mol. The predicted octanol–water partition coefficient (Wildman–Crippen LogP) is 5.71. The van der Waals surface area contributed by atoms with Crippen LogP contribution in [0.4, 0.5) is 0 Å². The highest BCUT2D eigenvalue weighted by molar-refractivity contribution is 7.13. The fraction of sp³-hybridized carbons (Fsp3) is 0.350. The minimum Gasteiger partial charge on any atom is -0.387 e. The molecule has 1 unspecified atom stereocenters. The van der Waals surface area contributed by atoms with E-state index in [1.165, 1.54) is 21.6 Å². The lowest BCUT2D eigenvalue weighted by Crippen LogP contribution is -2.05. The highest BCUT2D eigenvalue weighted by Crippen LogP contribution is 2.27. The van der Waals surface area contributed by atoms with Gasteiger partial charge in [-0.2, -0.15) is 0 Å². The van der Waals surface area contributed by atoms with E-state index < -0.39 is 0 Å². The van der Waals surface area contributed by atoms with Gasteiger partial charge < -0.3 is 5.32 Å². The normalized spacial score (nSPS) is 12.9. The Morgan fingerprint density at radius 2 is 2.09 bits per heavy atom. The highest BCUT2D eigenvalue weighted by Gasteiger charge is 2.04. The van der Waals surface area contributed by atoms with Gasteiger partial charge in [-0.25, -0.2) is 4.98 Å². The maximum absolute atomic E-state index is 4.31. The maximum Gasteiger partial charge on any atom is 0.0801 e. The van der Waals surface area contributed by atoms with Gasteiger partial charge in [-0.05, 0) is 49.9 Å². The Labute approximate surface area is 144 Å². The molecule has 1 heterocycles. The first-order valence-electron chi connectivity index (χ1n) is 8.11. The molecule has 3 heteroatoms. The molecule has 0 radical (unpaired) electrons.